The van der Waals surface area contributed by atoms with Gasteiger partial charge >= 0.3 is 0 Å². The van der Waals surface area contributed by atoms with E-state index >= 15 is 0 Å². The molecule has 3 rings (SSSR count). The Morgan fingerprint density at radius 2 is 1.62 bits per heavy atom. The van der Waals surface area contributed by atoms with E-state index in [1.807, 2.05) is 42.5 Å². The minimum atomic E-state index is -0.713. The van der Waals surface area contributed by atoms with Crippen LogP contribution in [-0.2, 0) is 11.4 Å². The van der Waals surface area contributed by atoms with Crippen molar-refractivity contribution < 1.29 is 14.3 Å². The third-order valence-corrected chi connectivity index (χ3v) is 4.49. The minimum absolute atomic E-state index is 0.104. The maximum Gasteiger partial charge on any atom is 0.259 e. The molecular formula is C21H22N2O3. The van der Waals surface area contributed by atoms with Crippen molar-refractivity contribution >= 4 is 5.91 Å². The summed E-state index contributed by atoms with van der Waals surface area (Å²) in [6.07, 6.45) is 3.36. The molecular weight excluding hydrogens is 328 g/mol. The van der Waals surface area contributed by atoms with Crippen LogP contribution in [0, 0.1) is 11.3 Å². The lowest BCUT2D eigenvalue weighted by Gasteiger charge is -2.21. The number of carbonyl (C=O) groups is 1. The Kier molecular flexibility index (Phi) is 5.75. The number of ether oxygens (including phenoxy) is 2. The highest BCUT2D eigenvalue weighted by Crippen LogP contribution is 2.28. The van der Waals surface area contributed by atoms with E-state index in [2.05, 4.69) is 11.4 Å². The summed E-state index contributed by atoms with van der Waals surface area (Å²) in [4.78, 5) is 12.1. The normalized spacial score (nSPS) is 15.0. The summed E-state index contributed by atoms with van der Waals surface area (Å²) in [6.45, 7) is 0.396. The van der Waals surface area contributed by atoms with Crippen LogP contribution in [0.15, 0.2) is 54.6 Å². The first kappa shape index (κ1) is 17.8. The summed E-state index contributed by atoms with van der Waals surface area (Å²) in [5.74, 6) is 1.06. The number of carbonyl (C=O) groups excluding carboxylic acids is 1. The second-order valence-electron chi connectivity index (χ2n) is 6.48. The summed E-state index contributed by atoms with van der Waals surface area (Å²) in [5, 5.41) is 12.1. The molecule has 5 heteroatoms. The van der Waals surface area contributed by atoms with E-state index in [-0.39, 0.29) is 12.5 Å². The molecule has 0 aromatic heterocycles. The lowest BCUT2D eigenvalue weighted by atomic mass is 10.00. The van der Waals surface area contributed by atoms with Gasteiger partial charge in [0.05, 0.1) is 6.07 Å². The van der Waals surface area contributed by atoms with Crippen LogP contribution in [0.25, 0.3) is 0 Å². The number of hydrogen-bond acceptors (Lipinski definition) is 4. The van der Waals surface area contributed by atoms with E-state index in [4.69, 9.17) is 9.47 Å². The van der Waals surface area contributed by atoms with Crippen molar-refractivity contribution in [2.75, 3.05) is 6.61 Å². The van der Waals surface area contributed by atoms with E-state index in [0.29, 0.717) is 25.2 Å². The molecule has 0 radical (unpaired) electrons. The highest BCUT2D eigenvalue weighted by molar-refractivity contribution is 5.79. The van der Waals surface area contributed by atoms with Crippen LogP contribution in [0.1, 0.15) is 31.2 Å². The fourth-order valence-electron chi connectivity index (χ4n) is 3.07. The first-order valence-electron chi connectivity index (χ1n) is 8.81. The summed E-state index contributed by atoms with van der Waals surface area (Å²) in [7, 11) is 0. The van der Waals surface area contributed by atoms with Gasteiger partial charge < -0.3 is 14.8 Å². The molecule has 1 N–H and O–H groups in total. The number of hydrogen-bond donors (Lipinski definition) is 1. The Bertz CT molecular complexity index is 760. The van der Waals surface area contributed by atoms with Crippen molar-refractivity contribution in [3.8, 4) is 17.6 Å². The van der Waals surface area contributed by atoms with E-state index in [1.54, 1.807) is 12.1 Å². The van der Waals surface area contributed by atoms with Crippen molar-refractivity contribution in [3.05, 3.63) is 60.2 Å². The zero-order chi connectivity index (χ0) is 18.2. The van der Waals surface area contributed by atoms with E-state index in [9.17, 15) is 10.1 Å². The molecule has 0 unspecified atom stereocenters. The van der Waals surface area contributed by atoms with Crippen molar-refractivity contribution in [3.63, 3.8) is 0 Å². The Morgan fingerprint density at radius 1 is 1.00 bits per heavy atom. The highest BCUT2D eigenvalue weighted by Gasteiger charge is 2.35. The van der Waals surface area contributed by atoms with Crippen LogP contribution in [0.5, 0.6) is 11.5 Å². The highest BCUT2D eigenvalue weighted by atomic mass is 16.5. The number of rotatable bonds is 7. The molecule has 1 aliphatic carbocycles. The molecule has 0 atom stereocenters. The zero-order valence-electron chi connectivity index (χ0n) is 14.6. The minimum Gasteiger partial charge on any atom is -0.489 e. The molecule has 0 heterocycles. The standard InChI is InChI=1S/C21H22N2O3/c22-16-21(12-4-5-13-21)23-20(24)15-26-19-10-8-18(9-11-19)25-14-17-6-2-1-3-7-17/h1-3,6-11H,4-5,12-15H2,(H,23,24). The maximum absolute atomic E-state index is 12.1. The Balaban J connectivity index is 1.45. The molecule has 1 fully saturated rings. The third kappa shape index (κ3) is 4.76. The molecule has 0 bridgehead atoms. The molecule has 1 aliphatic rings. The molecule has 1 saturated carbocycles. The summed E-state index contributed by atoms with van der Waals surface area (Å²) in [5.41, 5.74) is 0.387. The van der Waals surface area contributed by atoms with Gasteiger partial charge in [-0.3, -0.25) is 4.79 Å². The first-order chi connectivity index (χ1) is 12.7. The molecule has 2 aromatic rings. The fourth-order valence-corrected chi connectivity index (χ4v) is 3.07. The summed E-state index contributed by atoms with van der Waals surface area (Å²) >= 11 is 0. The number of nitrogens with one attached hydrogen (secondary N) is 1. The van der Waals surface area contributed by atoms with Gasteiger partial charge in [0.25, 0.3) is 5.91 Å². The van der Waals surface area contributed by atoms with E-state index < -0.39 is 5.54 Å². The van der Waals surface area contributed by atoms with Gasteiger partial charge in [0.15, 0.2) is 6.61 Å². The molecule has 1 amide bonds. The van der Waals surface area contributed by atoms with Crippen molar-refractivity contribution in [1.29, 1.82) is 5.26 Å². The second-order valence-corrected chi connectivity index (χ2v) is 6.48. The lowest BCUT2D eigenvalue weighted by molar-refractivity contribution is -0.124. The van der Waals surface area contributed by atoms with Crippen molar-refractivity contribution in [1.82, 2.24) is 5.32 Å². The monoisotopic (exact) mass is 350 g/mol. The third-order valence-electron chi connectivity index (χ3n) is 4.49. The molecule has 2 aromatic carbocycles. The van der Waals surface area contributed by atoms with Gasteiger partial charge in [0, 0.05) is 0 Å². The van der Waals surface area contributed by atoms with Gasteiger partial charge in [-0.25, -0.2) is 0 Å². The van der Waals surface area contributed by atoms with Gasteiger partial charge in [-0.15, -0.1) is 0 Å². The largest absolute Gasteiger partial charge is 0.489 e. The predicted octanol–water partition coefficient (Wildman–Crippen LogP) is 3.60. The summed E-state index contributed by atoms with van der Waals surface area (Å²) in [6, 6.07) is 19.3. The fraction of sp³-hybridized carbons (Fsp3) is 0.333. The molecule has 0 aliphatic heterocycles. The number of nitrogens with zero attached hydrogens (tertiary/aromatic N) is 1. The summed E-state index contributed by atoms with van der Waals surface area (Å²) < 4.78 is 11.2. The zero-order valence-corrected chi connectivity index (χ0v) is 14.6. The number of benzene rings is 2. The first-order valence-corrected chi connectivity index (χ1v) is 8.81. The van der Waals surface area contributed by atoms with Crippen LogP contribution >= 0.6 is 0 Å². The Morgan fingerprint density at radius 3 is 2.23 bits per heavy atom. The van der Waals surface area contributed by atoms with Crippen LogP contribution in [-0.4, -0.2) is 18.1 Å². The molecule has 5 nitrogen and oxygen atoms in total. The second kappa shape index (κ2) is 8.39. The van der Waals surface area contributed by atoms with Gasteiger partial charge in [0.2, 0.25) is 0 Å². The number of amides is 1. The Labute approximate surface area is 153 Å². The average molecular weight is 350 g/mol. The van der Waals surface area contributed by atoms with Crippen molar-refractivity contribution in [2.24, 2.45) is 0 Å². The smallest absolute Gasteiger partial charge is 0.259 e. The topological polar surface area (TPSA) is 71.4 Å². The predicted molar refractivity (Wildman–Crippen MR) is 97.7 cm³/mol. The van der Waals surface area contributed by atoms with Gasteiger partial charge in [-0.05, 0) is 55.5 Å². The molecule has 26 heavy (non-hydrogen) atoms. The van der Waals surface area contributed by atoms with Crippen molar-refractivity contribution in [2.45, 2.75) is 37.8 Å². The van der Waals surface area contributed by atoms with Gasteiger partial charge in [-0.2, -0.15) is 5.26 Å². The molecule has 0 saturated heterocycles. The van der Waals surface area contributed by atoms with Gasteiger partial charge in [-0.1, -0.05) is 30.3 Å². The average Bonchev–Trinajstić information content (AvgIpc) is 3.15. The van der Waals surface area contributed by atoms with Crippen LogP contribution in [0.4, 0.5) is 0 Å². The Hall–Kier alpha value is -3.00. The van der Waals surface area contributed by atoms with Crippen LogP contribution in [0.3, 0.4) is 0 Å². The van der Waals surface area contributed by atoms with Gasteiger partial charge in [0.1, 0.15) is 23.6 Å². The van der Waals surface area contributed by atoms with Crippen LogP contribution < -0.4 is 14.8 Å². The van der Waals surface area contributed by atoms with E-state index in [0.717, 1.165) is 24.2 Å². The van der Waals surface area contributed by atoms with Crippen LogP contribution in [0.2, 0.25) is 0 Å². The molecule has 134 valence electrons. The number of nitriles is 1. The SMILES string of the molecule is N#CC1(NC(=O)COc2ccc(OCc3ccccc3)cc2)CCCC1. The lowest BCUT2D eigenvalue weighted by Crippen LogP contribution is -2.47. The molecule has 0 spiro atoms. The maximum atomic E-state index is 12.1. The quantitative estimate of drug-likeness (QED) is 0.828. The van der Waals surface area contributed by atoms with E-state index in [1.165, 1.54) is 0 Å².